The fourth-order valence-corrected chi connectivity index (χ4v) is 1.77. The third-order valence-electron chi connectivity index (χ3n) is 2.92. The summed E-state index contributed by atoms with van der Waals surface area (Å²) in [7, 11) is 3.86. The van der Waals surface area contributed by atoms with Gasteiger partial charge >= 0.3 is 11.2 Å². The molecule has 1 aromatic heterocycles. The number of aromatic nitrogens is 2. The molecule has 2 N–H and O–H groups in total. The van der Waals surface area contributed by atoms with E-state index in [1.165, 1.54) is 6.08 Å². The number of hydrogen-bond acceptors (Lipinski definition) is 6. The number of aromatic amines is 1. The van der Waals surface area contributed by atoms with Crippen LogP contribution in [0.15, 0.2) is 29.1 Å². The first-order valence-electron chi connectivity index (χ1n) is 6.31. The van der Waals surface area contributed by atoms with Crippen LogP contribution in [0.25, 0.3) is 12.2 Å². The second-order valence-electron chi connectivity index (χ2n) is 4.70. The summed E-state index contributed by atoms with van der Waals surface area (Å²) in [6.45, 7) is 0. The van der Waals surface area contributed by atoms with Crippen molar-refractivity contribution in [1.82, 2.24) is 9.97 Å². The minimum absolute atomic E-state index is 0.0322. The molecule has 0 fully saturated rings. The van der Waals surface area contributed by atoms with Gasteiger partial charge in [-0.2, -0.15) is 4.98 Å². The number of anilines is 1. The van der Waals surface area contributed by atoms with Gasteiger partial charge in [-0.25, -0.2) is 0 Å². The molecule has 2 rings (SSSR count). The summed E-state index contributed by atoms with van der Waals surface area (Å²) in [5.74, 6) is -0.874. The van der Waals surface area contributed by atoms with Crippen molar-refractivity contribution in [3.05, 3.63) is 56.1 Å². The zero-order valence-corrected chi connectivity index (χ0v) is 12.0. The smallest absolute Gasteiger partial charge is 0.395 e. The number of nitrogens with one attached hydrogen (secondary N) is 1. The summed E-state index contributed by atoms with van der Waals surface area (Å²) in [5.41, 5.74) is -0.0738. The largest absolute Gasteiger partial charge is 0.488 e. The molecule has 1 heterocycles. The van der Waals surface area contributed by atoms with E-state index in [4.69, 9.17) is 0 Å². The zero-order chi connectivity index (χ0) is 16.3. The number of benzene rings is 1. The Kier molecular flexibility index (Phi) is 4.21. The lowest BCUT2D eigenvalue weighted by molar-refractivity contribution is -0.387. The van der Waals surface area contributed by atoms with E-state index in [9.17, 15) is 20.0 Å². The van der Waals surface area contributed by atoms with Crippen LogP contribution in [0.2, 0.25) is 0 Å². The van der Waals surface area contributed by atoms with Crippen molar-refractivity contribution in [2.75, 3.05) is 19.0 Å². The Morgan fingerprint density at radius 3 is 2.41 bits per heavy atom. The Hall–Kier alpha value is -3.16. The number of H-pyrrole nitrogens is 1. The van der Waals surface area contributed by atoms with Crippen molar-refractivity contribution < 1.29 is 10.0 Å². The van der Waals surface area contributed by atoms with Crippen molar-refractivity contribution in [3.63, 3.8) is 0 Å². The molecule has 0 aliphatic rings. The summed E-state index contributed by atoms with van der Waals surface area (Å²) in [5, 5.41) is 20.0. The van der Waals surface area contributed by atoms with E-state index in [-0.39, 0.29) is 5.82 Å². The molecule has 0 aliphatic heterocycles. The fraction of sp³-hybridized carbons (Fsp3) is 0.143. The summed E-state index contributed by atoms with van der Waals surface area (Å²) >= 11 is 0. The highest BCUT2D eigenvalue weighted by atomic mass is 16.6. The molecule has 8 heteroatoms. The predicted molar refractivity (Wildman–Crippen MR) is 82.9 cm³/mol. The lowest BCUT2D eigenvalue weighted by Crippen LogP contribution is -2.14. The quantitative estimate of drug-likeness (QED) is 0.655. The van der Waals surface area contributed by atoms with Gasteiger partial charge in [-0.05, 0) is 23.8 Å². The average Bonchev–Trinajstić information content (AvgIpc) is 2.44. The number of nitro groups is 1. The van der Waals surface area contributed by atoms with Crippen LogP contribution in [0.1, 0.15) is 11.4 Å². The minimum Gasteiger partial charge on any atom is -0.488 e. The van der Waals surface area contributed by atoms with Crippen molar-refractivity contribution in [1.29, 1.82) is 0 Å². The van der Waals surface area contributed by atoms with E-state index in [2.05, 4.69) is 9.97 Å². The third kappa shape index (κ3) is 3.29. The van der Waals surface area contributed by atoms with Gasteiger partial charge in [0.2, 0.25) is 0 Å². The minimum atomic E-state index is -1.000. The summed E-state index contributed by atoms with van der Waals surface area (Å²) in [6.07, 6.45) is 3.12. The van der Waals surface area contributed by atoms with Gasteiger partial charge in [0, 0.05) is 19.8 Å². The average molecular weight is 302 g/mol. The van der Waals surface area contributed by atoms with Gasteiger partial charge < -0.3 is 15.0 Å². The van der Waals surface area contributed by atoms with E-state index in [0.29, 0.717) is 0 Å². The van der Waals surface area contributed by atoms with Crippen molar-refractivity contribution in [2.24, 2.45) is 0 Å². The molecule has 2 aromatic rings. The van der Waals surface area contributed by atoms with E-state index in [1.54, 1.807) is 6.08 Å². The van der Waals surface area contributed by atoms with Gasteiger partial charge in [0.1, 0.15) is 5.82 Å². The monoisotopic (exact) mass is 302 g/mol. The van der Waals surface area contributed by atoms with Crippen LogP contribution in [-0.2, 0) is 0 Å². The molecule has 0 saturated heterocycles. The third-order valence-corrected chi connectivity index (χ3v) is 2.92. The maximum absolute atomic E-state index is 11.5. The van der Waals surface area contributed by atoms with Crippen LogP contribution in [0, 0.1) is 10.1 Å². The van der Waals surface area contributed by atoms with Crippen molar-refractivity contribution in [2.45, 2.75) is 0 Å². The van der Waals surface area contributed by atoms with Gasteiger partial charge in [0.15, 0.2) is 0 Å². The van der Waals surface area contributed by atoms with Gasteiger partial charge in [0.25, 0.3) is 5.88 Å². The maximum atomic E-state index is 11.5. The van der Waals surface area contributed by atoms with Crippen LogP contribution in [-0.4, -0.2) is 34.1 Å². The van der Waals surface area contributed by atoms with Gasteiger partial charge in [-0.15, -0.1) is 0 Å². The highest BCUT2D eigenvalue weighted by molar-refractivity contribution is 5.68. The Balaban J connectivity index is 2.27. The lowest BCUT2D eigenvalue weighted by atomic mass is 10.2. The molecule has 0 radical (unpaired) electrons. The van der Waals surface area contributed by atoms with E-state index in [1.807, 2.05) is 43.3 Å². The van der Waals surface area contributed by atoms with Gasteiger partial charge in [0.05, 0.1) is 4.92 Å². The second kappa shape index (κ2) is 6.08. The predicted octanol–water partition coefficient (Wildman–Crippen LogP) is 1.62. The number of nitrogens with zero attached hydrogens (tertiary/aromatic N) is 3. The molecular formula is C14H14N4O4. The van der Waals surface area contributed by atoms with Crippen LogP contribution >= 0.6 is 0 Å². The number of rotatable bonds is 4. The Morgan fingerprint density at radius 2 is 1.91 bits per heavy atom. The Bertz CT molecular complexity index is 778. The van der Waals surface area contributed by atoms with Crippen molar-refractivity contribution >= 4 is 23.5 Å². The maximum Gasteiger partial charge on any atom is 0.395 e. The molecule has 0 aliphatic carbocycles. The first kappa shape index (κ1) is 15.2. The molecule has 0 atom stereocenters. The summed E-state index contributed by atoms with van der Waals surface area (Å²) < 4.78 is 0. The van der Waals surface area contributed by atoms with Gasteiger partial charge in [-0.1, -0.05) is 18.2 Å². The molecule has 22 heavy (non-hydrogen) atoms. The van der Waals surface area contributed by atoms with Gasteiger partial charge in [-0.3, -0.25) is 14.9 Å². The standard InChI is InChI=1S/C14H14N4O4/c1-17(2)10-6-3-9(4-7-10)5-8-11-15-13(19)12(18(21)22)14(20)16-11/h3-8H,1-2H3,(H2,15,16,19,20)/b8-5-. The van der Waals surface area contributed by atoms with E-state index in [0.717, 1.165) is 11.3 Å². The molecule has 8 nitrogen and oxygen atoms in total. The molecule has 0 amide bonds. The molecule has 1 aromatic carbocycles. The molecule has 114 valence electrons. The summed E-state index contributed by atoms with van der Waals surface area (Å²) in [4.78, 5) is 28.9. The SMILES string of the molecule is CN(C)c1ccc(/C=C\c2nc(O)c([N+](=O)[O-])c(=O)[nH]2)cc1. The molecule has 0 spiro atoms. The highest BCUT2D eigenvalue weighted by Crippen LogP contribution is 2.18. The Labute approximate surface area is 125 Å². The molecule has 0 unspecified atom stereocenters. The van der Waals surface area contributed by atoms with Crippen LogP contribution in [0.3, 0.4) is 0 Å². The van der Waals surface area contributed by atoms with Crippen molar-refractivity contribution in [3.8, 4) is 5.88 Å². The van der Waals surface area contributed by atoms with Crippen LogP contribution < -0.4 is 10.5 Å². The van der Waals surface area contributed by atoms with Crippen LogP contribution in [0.4, 0.5) is 11.4 Å². The molecule has 0 bridgehead atoms. The van der Waals surface area contributed by atoms with Crippen LogP contribution in [0.5, 0.6) is 5.88 Å². The first-order chi connectivity index (χ1) is 10.4. The topological polar surface area (TPSA) is 112 Å². The van der Waals surface area contributed by atoms with E-state index >= 15 is 0 Å². The zero-order valence-electron chi connectivity index (χ0n) is 12.0. The highest BCUT2D eigenvalue weighted by Gasteiger charge is 2.21. The summed E-state index contributed by atoms with van der Waals surface area (Å²) in [6, 6.07) is 7.58. The number of aromatic hydroxyl groups is 1. The Morgan fingerprint density at radius 1 is 1.27 bits per heavy atom. The first-order valence-corrected chi connectivity index (χ1v) is 6.31. The lowest BCUT2D eigenvalue weighted by Gasteiger charge is -2.11. The van der Waals surface area contributed by atoms with E-state index < -0.39 is 22.0 Å². The normalized spacial score (nSPS) is 10.8. The number of hydrogen-bond donors (Lipinski definition) is 2. The second-order valence-corrected chi connectivity index (χ2v) is 4.70. The molecule has 0 saturated carbocycles. The molecular weight excluding hydrogens is 288 g/mol. The fourth-order valence-electron chi connectivity index (χ4n) is 1.77.